The van der Waals surface area contributed by atoms with Crippen molar-refractivity contribution in [1.29, 1.82) is 0 Å². The topological polar surface area (TPSA) is 75.6 Å². The van der Waals surface area contributed by atoms with Crippen molar-refractivity contribution in [3.8, 4) is 0 Å². The number of guanidine groups is 1. The van der Waals surface area contributed by atoms with E-state index in [0.29, 0.717) is 29.7 Å². The fraction of sp³-hybridized carbons (Fsp3) is 0.421. The summed E-state index contributed by atoms with van der Waals surface area (Å²) in [6, 6.07) is 7.70. The average Bonchev–Trinajstić information content (AvgIpc) is 3.04. The molecule has 1 unspecified atom stereocenters. The summed E-state index contributed by atoms with van der Waals surface area (Å²) in [6.45, 7) is 6.63. The Morgan fingerprint density at radius 3 is 2.81 bits per heavy atom. The Morgan fingerprint density at radius 1 is 1.41 bits per heavy atom. The van der Waals surface area contributed by atoms with Gasteiger partial charge in [0, 0.05) is 18.6 Å². The fourth-order valence-corrected chi connectivity index (χ4v) is 3.66. The summed E-state index contributed by atoms with van der Waals surface area (Å²) < 4.78 is 5.07. The van der Waals surface area contributed by atoms with Crippen LogP contribution in [0.15, 0.2) is 29.3 Å². The maximum Gasteiger partial charge on any atom is 0.350 e. The summed E-state index contributed by atoms with van der Waals surface area (Å²) in [4.78, 5) is 21.3. The Labute approximate surface area is 169 Å². The number of rotatable bonds is 7. The minimum atomic E-state index is -0.326. The molecule has 27 heavy (non-hydrogen) atoms. The zero-order chi connectivity index (χ0) is 19.8. The van der Waals surface area contributed by atoms with E-state index in [-0.39, 0.29) is 12.0 Å². The lowest BCUT2D eigenvalue weighted by Gasteiger charge is -2.16. The van der Waals surface area contributed by atoms with Crippen molar-refractivity contribution in [3.05, 3.63) is 50.4 Å². The van der Waals surface area contributed by atoms with Crippen molar-refractivity contribution < 1.29 is 9.53 Å². The third-order valence-electron chi connectivity index (χ3n) is 3.87. The van der Waals surface area contributed by atoms with Gasteiger partial charge in [0.05, 0.1) is 18.3 Å². The molecule has 2 N–H and O–H groups in total. The van der Waals surface area contributed by atoms with E-state index >= 15 is 0 Å². The number of carbonyl (C=O) groups is 1. The Bertz CT molecular complexity index is 807. The molecule has 8 heteroatoms. The zero-order valence-electron chi connectivity index (χ0n) is 16.0. The molecule has 1 aromatic heterocycles. The lowest BCUT2D eigenvalue weighted by Crippen LogP contribution is -2.39. The first-order valence-corrected chi connectivity index (χ1v) is 10.0. The van der Waals surface area contributed by atoms with Crippen LogP contribution in [0, 0.1) is 6.92 Å². The van der Waals surface area contributed by atoms with Gasteiger partial charge in [0.25, 0.3) is 0 Å². The van der Waals surface area contributed by atoms with E-state index in [0.717, 1.165) is 22.0 Å². The highest BCUT2D eigenvalue weighted by atomic mass is 35.5. The van der Waals surface area contributed by atoms with Crippen LogP contribution < -0.4 is 10.6 Å². The number of nitrogens with zero attached hydrogens (tertiary/aromatic N) is 2. The second-order valence-corrected chi connectivity index (χ2v) is 7.33. The number of nitrogens with one attached hydrogen (secondary N) is 2. The number of halogens is 1. The molecule has 0 saturated heterocycles. The highest BCUT2D eigenvalue weighted by Gasteiger charge is 2.20. The molecule has 0 saturated carbocycles. The Morgan fingerprint density at radius 2 is 2.15 bits per heavy atom. The van der Waals surface area contributed by atoms with E-state index in [1.807, 2.05) is 38.1 Å². The SMILES string of the molecule is CCOC(=O)c1sc(C(C)NC(=NC)NCCc2ccccc2Cl)nc1C. The van der Waals surface area contributed by atoms with Crippen LogP contribution in [-0.4, -0.2) is 37.1 Å². The van der Waals surface area contributed by atoms with Crippen LogP contribution in [0.2, 0.25) is 5.02 Å². The molecule has 0 aliphatic carbocycles. The highest BCUT2D eigenvalue weighted by Crippen LogP contribution is 2.24. The first-order valence-electron chi connectivity index (χ1n) is 8.81. The molecule has 1 heterocycles. The van der Waals surface area contributed by atoms with E-state index in [4.69, 9.17) is 16.3 Å². The maximum atomic E-state index is 12.0. The second kappa shape index (κ2) is 10.3. The van der Waals surface area contributed by atoms with Gasteiger partial charge in [-0.15, -0.1) is 11.3 Å². The standard InChI is InChI=1S/C19H25ClN4O2S/c1-5-26-18(25)16-12(2)23-17(27-16)13(3)24-19(21-4)22-11-10-14-8-6-7-9-15(14)20/h6-9,13H,5,10-11H2,1-4H3,(H2,21,22,24). The van der Waals surface area contributed by atoms with Crippen LogP contribution in [0.3, 0.4) is 0 Å². The van der Waals surface area contributed by atoms with Crippen LogP contribution in [0.5, 0.6) is 0 Å². The fourth-order valence-electron chi connectivity index (χ4n) is 2.47. The predicted octanol–water partition coefficient (Wildman–Crippen LogP) is 3.75. The van der Waals surface area contributed by atoms with Crippen molar-refractivity contribution >= 4 is 34.9 Å². The van der Waals surface area contributed by atoms with Gasteiger partial charge >= 0.3 is 5.97 Å². The van der Waals surface area contributed by atoms with Gasteiger partial charge in [-0.3, -0.25) is 4.99 Å². The number of hydrogen-bond donors (Lipinski definition) is 2. The molecule has 146 valence electrons. The van der Waals surface area contributed by atoms with Gasteiger partial charge in [0.2, 0.25) is 0 Å². The summed E-state index contributed by atoms with van der Waals surface area (Å²) in [6.07, 6.45) is 0.790. The van der Waals surface area contributed by atoms with E-state index in [1.54, 1.807) is 14.0 Å². The number of benzene rings is 1. The maximum absolute atomic E-state index is 12.0. The average molecular weight is 409 g/mol. The summed E-state index contributed by atoms with van der Waals surface area (Å²) >= 11 is 7.53. The Balaban J connectivity index is 1.93. The van der Waals surface area contributed by atoms with Gasteiger partial charge in [-0.1, -0.05) is 29.8 Å². The number of hydrogen-bond acceptors (Lipinski definition) is 5. The van der Waals surface area contributed by atoms with Crippen molar-refractivity contribution in [2.75, 3.05) is 20.2 Å². The molecule has 0 bridgehead atoms. The third-order valence-corrected chi connectivity index (χ3v) is 5.55. The molecular formula is C19H25ClN4O2S. The number of thiazole rings is 1. The Kier molecular flexibility index (Phi) is 8.06. The first kappa shape index (κ1) is 21.2. The van der Waals surface area contributed by atoms with Crippen LogP contribution in [0.4, 0.5) is 0 Å². The number of esters is 1. The van der Waals surface area contributed by atoms with Gasteiger partial charge in [-0.2, -0.15) is 0 Å². The summed E-state index contributed by atoms with van der Waals surface area (Å²) in [5, 5.41) is 8.15. The zero-order valence-corrected chi connectivity index (χ0v) is 17.6. The summed E-state index contributed by atoms with van der Waals surface area (Å²) in [5.74, 6) is 0.341. The molecule has 0 aliphatic rings. The minimum absolute atomic E-state index is 0.0941. The van der Waals surface area contributed by atoms with E-state index in [1.165, 1.54) is 11.3 Å². The molecule has 2 rings (SSSR count). The number of aryl methyl sites for hydroxylation is 1. The van der Waals surface area contributed by atoms with Gasteiger partial charge in [-0.05, 0) is 38.8 Å². The minimum Gasteiger partial charge on any atom is -0.462 e. The number of ether oxygens (including phenoxy) is 1. The monoisotopic (exact) mass is 408 g/mol. The van der Waals surface area contributed by atoms with E-state index < -0.39 is 0 Å². The molecule has 0 radical (unpaired) electrons. The van der Waals surface area contributed by atoms with Crippen LogP contribution in [0.1, 0.15) is 45.8 Å². The largest absolute Gasteiger partial charge is 0.462 e. The summed E-state index contributed by atoms with van der Waals surface area (Å²) in [7, 11) is 1.72. The van der Waals surface area contributed by atoms with Crippen molar-refractivity contribution in [2.45, 2.75) is 33.2 Å². The second-order valence-electron chi connectivity index (χ2n) is 5.89. The van der Waals surface area contributed by atoms with Gasteiger partial charge in [0.1, 0.15) is 9.88 Å². The molecule has 0 amide bonds. The molecule has 6 nitrogen and oxygen atoms in total. The van der Waals surface area contributed by atoms with Crippen LogP contribution in [0.25, 0.3) is 0 Å². The van der Waals surface area contributed by atoms with Crippen molar-refractivity contribution in [1.82, 2.24) is 15.6 Å². The molecule has 0 spiro atoms. The molecular weight excluding hydrogens is 384 g/mol. The van der Waals surface area contributed by atoms with Crippen LogP contribution in [-0.2, 0) is 11.2 Å². The van der Waals surface area contributed by atoms with Gasteiger partial charge in [-0.25, -0.2) is 9.78 Å². The third kappa shape index (κ3) is 5.94. The van der Waals surface area contributed by atoms with Crippen molar-refractivity contribution in [3.63, 3.8) is 0 Å². The quantitative estimate of drug-likeness (QED) is 0.414. The lowest BCUT2D eigenvalue weighted by molar-refractivity contribution is 0.0531. The first-order chi connectivity index (χ1) is 13.0. The molecule has 2 aromatic rings. The van der Waals surface area contributed by atoms with Gasteiger partial charge in [0.15, 0.2) is 5.96 Å². The number of aromatic nitrogens is 1. The molecule has 0 fully saturated rings. The Hall–Kier alpha value is -2.12. The van der Waals surface area contributed by atoms with Crippen LogP contribution >= 0.6 is 22.9 Å². The summed E-state index contributed by atoms with van der Waals surface area (Å²) in [5.41, 5.74) is 1.77. The predicted molar refractivity (Wildman–Crippen MR) is 111 cm³/mol. The number of aliphatic imine (C=N–C) groups is 1. The highest BCUT2D eigenvalue weighted by molar-refractivity contribution is 7.13. The van der Waals surface area contributed by atoms with Crippen molar-refractivity contribution in [2.24, 2.45) is 4.99 Å². The number of carbonyl (C=O) groups excluding carboxylic acids is 1. The molecule has 1 aromatic carbocycles. The molecule has 1 atom stereocenters. The van der Waals surface area contributed by atoms with E-state index in [9.17, 15) is 4.79 Å². The van der Waals surface area contributed by atoms with Gasteiger partial charge < -0.3 is 15.4 Å². The smallest absolute Gasteiger partial charge is 0.350 e. The molecule has 0 aliphatic heterocycles. The lowest BCUT2D eigenvalue weighted by atomic mass is 10.1. The normalized spacial score (nSPS) is 12.6. The van der Waals surface area contributed by atoms with E-state index in [2.05, 4.69) is 20.6 Å².